The quantitative estimate of drug-likeness (QED) is 0.899. The predicted molar refractivity (Wildman–Crippen MR) is 60.3 cm³/mol. The molecule has 1 aromatic carbocycles. The van der Waals surface area contributed by atoms with E-state index in [1.54, 1.807) is 0 Å². The van der Waals surface area contributed by atoms with Crippen molar-refractivity contribution < 1.29 is 18.3 Å². The summed E-state index contributed by atoms with van der Waals surface area (Å²) in [5.41, 5.74) is 5.15. The highest BCUT2D eigenvalue weighted by atomic mass is 79.9. The third-order valence-electron chi connectivity index (χ3n) is 1.97. The molecule has 0 aliphatic rings. The van der Waals surface area contributed by atoms with Crippen LogP contribution in [0.3, 0.4) is 0 Å². The van der Waals surface area contributed by atoms with Crippen molar-refractivity contribution in [3.63, 3.8) is 0 Å². The molecule has 0 aliphatic carbocycles. The van der Waals surface area contributed by atoms with E-state index >= 15 is 0 Å². The van der Waals surface area contributed by atoms with Crippen LogP contribution >= 0.6 is 28.3 Å². The number of hydrogen-bond acceptors (Lipinski definition) is 2. The van der Waals surface area contributed by atoms with E-state index in [1.807, 2.05) is 0 Å². The Morgan fingerprint density at radius 2 is 2.00 bits per heavy atom. The molecule has 16 heavy (non-hydrogen) atoms. The SMILES string of the molecule is Cl.N[C@@H](c1ccc(Br)c(F)c1)C(F)(F)CO. The maximum absolute atomic E-state index is 13.0. The monoisotopic (exact) mass is 319 g/mol. The fraction of sp³-hybridized carbons (Fsp3) is 0.333. The number of benzene rings is 1. The molecule has 0 fully saturated rings. The van der Waals surface area contributed by atoms with Gasteiger partial charge >= 0.3 is 0 Å². The summed E-state index contributed by atoms with van der Waals surface area (Å²) in [7, 11) is 0. The van der Waals surface area contributed by atoms with Crippen LogP contribution in [0.25, 0.3) is 0 Å². The Hall–Kier alpha value is -0.300. The zero-order valence-electron chi connectivity index (χ0n) is 7.96. The lowest BCUT2D eigenvalue weighted by molar-refractivity contribution is -0.0712. The molecule has 92 valence electrons. The number of hydrogen-bond donors (Lipinski definition) is 2. The van der Waals surface area contributed by atoms with Crippen LogP contribution in [0.5, 0.6) is 0 Å². The third-order valence-corrected chi connectivity index (χ3v) is 2.61. The molecule has 0 aliphatic heterocycles. The fourth-order valence-corrected chi connectivity index (χ4v) is 1.29. The second-order valence-corrected chi connectivity index (χ2v) is 3.92. The van der Waals surface area contributed by atoms with Gasteiger partial charge in [0.2, 0.25) is 0 Å². The Morgan fingerprint density at radius 3 is 2.44 bits per heavy atom. The Morgan fingerprint density at radius 1 is 1.44 bits per heavy atom. The van der Waals surface area contributed by atoms with Crippen LogP contribution in [0.2, 0.25) is 0 Å². The van der Waals surface area contributed by atoms with Crippen LogP contribution in [0, 0.1) is 5.82 Å². The molecule has 0 bridgehead atoms. The van der Waals surface area contributed by atoms with Crippen LogP contribution in [0.4, 0.5) is 13.2 Å². The first-order valence-electron chi connectivity index (χ1n) is 4.07. The largest absolute Gasteiger partial charge is 0.390 e. The van der Waals surface area contributed by atoms with Crippen molar-refractivity contribution in [3.05, 3.63) is 34.1 Å². The summed E-state index contributed by atoms with van der Waals surface area (Å²) in [6, 6.07) is 1.77. The van der Waals surface area contributed by atoms with Gasteiger partial charge in [-0.15, -0.1) is 12.4 Å². The number of rotatable bonds is 3. The number of halogens is 5. The minimum Gasteiger partial charge on any atom is -0.390 e. The molecule has 2 nitrogen and oxygen atoms in total. The lowest BCUT2D eigenvalue weighted by atomic mass is 10.0. The number of alkyl halides is 2. The summed E-state index contributed by atoms with van der Waals surface area (Å²) in [5.74, 6) is -4.13. The van der Waals surface area contributed by atoms with Gasteiger partial charge in [0.25, 0.3) is 5.92 Å². The van der Waals surface area contributed by atoms with Gasteiger partial charge in [0.05, 0.1) is 10.5 Å². The predicted octanol–water partition coefficient (Wildman–Crippen LogP) is 2.64. The minimum absolute atomic E-state index is 0. The van der Waals surface area contributed by atoms with Crippen molar-refractivity contribution in [2.75, 3.05) is 6.61 Å². The highest BCUT2D eigenvalue weighted by Crippen LogP contribution is 2.30. The van der Waals surface area contributed by atoms with Gasteiger partial charge in [0, 0.05) is 0 Å². The Kier molecular flexibility index (Phi) is 5.75. The van der Waals surface area contributed by atoms with E-state index in [-0.39, 0.29) is 22.4 Å². The number of aliphatic hydroxyl groups is 1. The molecule has 0 unspecified atom stereocenters. The van der Waals surface area contributed by atoms with Crippen molar-refractivity contribution in [2.45, 2.75) is 12.0 Å². The van der Waals surface area contributed by atoms with Crippen molar-refractivity contribution in [1.82, 2.24) is 0 Å². The van der Waals surface area contributed by atoms with Crippen LogP contribution in [0.1, 0.15) is 11.6 Å². The van der Waals surface area contributed by atoms with Crippen molar-refractivity contribution >= 4 is 28.3 Å². The normalized spacial score (nSPS) is 13.1. The second kappa shape index (κ2) is 5.86. The highest BCUT2D eigenvalue weighted by molar-refractivity contribution is 9.10. The fourth-order valence-electron chi connectivity index (χ4n) is 1.05. The average molecular weight is 321 g/mol. The van der Waals surface area contributed by atoms with E-state index < -0.39 is 24.4 Å². The lowest BCUT2D eigenvalue weighted by Gasteiger charge is -2.21. The summed E-state index contributed by atoms with van der Waals surface area (Å²) in [4.78, 5) is 0. The number of aliphatic hydroxyl groups excluding tert-OH is 1. The molecule has 3 N–H and O–H groups in total. The van der Waals surface area contributed by atoms with Crippen LogP contribution < -0.4 is 5.73 Å². The van der Waals surface area contributed by atoms with Gasteiger partial charge in [-0.25, -0.2) is 13.2 Å². The molecular formula is C9H10BrClF3NO. The summed E-state index contributed by atoms with van der Waals surface area (Å²) in [5, 5.41) is 8.42. The molecular weight excluding hydrogens is 310 g/mol. The first-order chi connectivity index (χ1) is 6.88. The molecule has 0 aromatic heterocycles. The smallest absolute Gasteiger partial charge is 0.289 e. The zero-order chi connectivity index (χ0) is 11.6. The molecule has 0 saturated carbocycles. The van der Waals surface area contributed by atoms with E-state index in [0.717, 1.165) is 6.07 Å². The summed E-state index contributed by atoms with van der Waals surface area (Å²) < 4.78 is 39.1. The third kappa shape index (κ3) is 3.35. The topological polar surface area (TPSA) is 46.2 Å². The van der Waals surface area contributed by atoms with Gasteiger partial charge in [-0.05, 0) is 33.6 Å². The van der Waals surface area contributed by atoms with Crippen molar-refractivity contribution in [2.24, 2.45) is 5.73 Å². The Labute approximate surface area is 105 Å². The van der Waals surface area contributed by atoms with E-state index in [0.29, 0.717) is 0 Å². The summed E-state index contributed by atoms with van der Waals surface area (Å²) in [6.45, 7) is -1.37. The van der Waals surface area contributed by atoms with Gasteiger partial charge in [0.1, 0.15) is 12.4 Å². The summed E-state index contributed by atoms with van der Waals surface area (Å²) >= 11 is 2.89. The molecule has 1 aromatic rings. The maximum atomic E-state index is 13.0. The van der Waals surface area contributed by atoms with Crippen molar-refractivity contribution in [3.8, 4) is 0 Å². The molecule has 7 heteroatoms. The highest BCUT2D eigenvalue weighted by Gasteiger charge is 2.37. The first-order valence-corrected chi connectivity index (χ1v) is 4.87. The maximum Gasteiger partial charge on any atom is 0.289 e. The summed E-state index contributed by atoms with van der Waals surface area (Å²) in [6.07, 6.45) is 0. The van der Waals surface area contributed by atoms with E-state index in [1.165, 1.54) is 12.1 Å². The molecule has 0 amide bonds. The van der Waals surface area contributed by atoms with E-state index in [2.05, 4.69) is 15.9 Å². The molecule has 1 atom stereocenters. The van der Waals surface area contributed by atoms with Crippen molar-refractivity contribution in [1.29, 1.82) is 0 Å². The zero-order valence-corrected chi connectivity index (χ0v) is 10.4. The van der Waals surface area contributed by atoms with E-state index in [4.69, 9.17) is 10.8 Å². The molecule has 1 rings (SSSR count). The van der Waals surface area contributed by atoms with Crippen LogP contribution in [0.15, 0.2) is 22.7 Å². The van der Waals surface area contributed by atoms with Crippen LogP contribution in [-0.2, 0) is 0 Å². The van der Waals surface area contributed by atoms with Gasteiger partial charge in [-0.3, -0.25) is 0 Å². The molecule has 0 heterocycles. The van der Waals surface area contributed by atoms with Gasteiger partial charge in [-0.2, -0.15) is 0 Å². The average Bonchev–Trinajstić information content (AvgIpc) is 2.21. The van der Waals surface area contributed by atoms with Gasteiger partial charge < -0.3 is 10.8 Å². The Bertz CT molecular complexity index is 365. The van der Waals surface area contributed by atoms with Gasteiger partial charge in [0.15, 0.2) is 0 Å². The standard InChI is InChI=1S/C9H9BrF3NO.ClH/c10-6-2-1-5(3-7(6)11)8(14)9(12,13)4-15;/h1-3,8,15H,4,14H2;1H/t8-;/m0./s1. The lowest BCUT2D eigenvalue weighted by Crippen LogP contribution is -2.36. The van der Waals surface area contributed by atoms with Crippen LogP contribution in [-0.4, -0.2) is 17.6 Å². The minimum atomic E-state index is -3.46. The first kappa shape index (κ1) is 15.7. The Balaban J connectivity index is 0.00000225. The van der Waals surface area contributed by atoms with Gasteiger partial charge in [-0.1, -0.05) is 6.07 Å². The second-order valence-electron chi connectivity index (χ2n) is 3.07. The number of nitrogens with two attached hydrogens (primary N) is 1. The molecule has 0 spiro atoms. The molecule has 0 saturated heterocycles. The van der Waals surface area contributed by atoms with E-state index in [9.17, 15) is 13.2 Å². The molecule has 0 radical (unpaired) electrons.